The first-order chi connectivity index (χ1) is 14.6. The second-order valence-electron chi connectivity index (χ2n) is 8.11. The van der Waals surface area contributed by atoms with Gasteiger partial charge in [-0.25, -0.2) is 4.98 Å². The van der Waals surface area contributed by atoms with Gasteiger partial charge in [0.15, 0.2) is 5.13 Å². The molecule has 1 amide bonds. The lowest BCUT2D eigenvalue weighted by molar-refractivity contribution is 0.0986. The van der Waals surface area contributed by atoms with Crippen LogP contribution >= 0.6 is 11.3 Å². The van der Waals surface area contributed by atoms with Gasteiger partial charge in [0.05, 0.1) is 11.8 Å². The van der Waals surface area contributed by atoms with Gasteiger partial charge in [-0.05, 0) is 88.1 Å². The number of benzene rings is 2. The van der Waals surface area contributed by atoms with Crippen LogP contribution in [-0.4, -0.2) is 50.1 Å². The first-order valence-corrected chi connectivity index (χ1v) is 11.4. The Morgan fingerprint density at radius 2 is 1.90 bits per heavy atom. The summed E-state index contributed by atoms with van der Waals surface area (Å²) in [4.78, 5) is 22.4. The van der Waals surface area contributed by atoms with E-state index in [0.717, 1.165) is 52.5 Å². The number of rotatable bonds is 7. The molecule has 6 heteroatoms. The Bertz CT molecular complexity index is 1040. The minimum atomic E-state index is 0.0279. The molecule has 30 heavy (non-hydrogen) atoms. The molecule has 4 rings (SSSR count). The van der Waals surface area contributed by atoms with E-state index < -0.39 is 0 Å². The van der Waals surface area contributed by atoms with E-state index in [1.165, 1.54) is 24.0 Å². The zero-order chi connectivity index (χ0) is 21.1. The van der Waals surface area contributed by atoms with Crippen molar-refractivity contribution in [2.45, 2.75) is 32.1 Å². The van der Waals surface area contributed by atoms with Gasteiger partial charge in [0, 0.05) is 12.1 Å². The number of ether oxygens (including phenoxy) is 1. The molecule has 1 heterocycles. The normalized spacial score (nSPS) is 13.5. The molecule has 2 aromatic carbocycles. The van der Waals surface area contributed by atoms with Crippen molar-refractivity contribution in [1.82, 2.24) is 9.88 Å². The maximum Gasteiger partial charge on any atom is 0.260 e. The van der Waals surface area contributed by atoms with Gasteiger partial charge >= 0.3 is 0 Å². The molecule has 1 aliphatic rings. The molecular weight excluding hydrogens is 394 g/mol. The highest BCUT2D eigenvalue weighted by Crippen LogP contribution is 2.35. The average molecular weight is 424 g/mol. The highest BCUT2D eigenvalue weighted by Gasteiger charge is 2.23. The monoisotopic (exact) mass is 423 g/mol. The highest BCUT2D eigenvalue weighted by molar-refractivity contribution is 7.22. The fourth-order valence-electron chi connectivity index (χ4n) is 4.04. The quantitative estimate of drug-likeness (QED) is 0.549. The molecule has 5 nitrogen and oxygen atoms in total. The molecule has 0 saturated heterocycles. The van der Waals surface area contributed by atoms with Crippen LogP contribution in [-0.2, 0) is 12.8 Å². The number of hydrogen-bond acceptors (Lipinski definition) is 5. The molecule has 0 aliphatic heterocycles. The molecular formula is C24H29N3O2S. The van der Waals surface area contributed by atoms with Gasteiger partial charge in [0.1, 0.15) is 11.3 Å². The number of thiazole rings is 1. The van der Waals surface area contributed by atoms with E-state index in [-0.39, 0.29) is 5.91 Å². The first kappa shape index (κ1) is 20.8. The van der Waals surface area contributed by atoms with Crippen LogP contribution in [0.15, 0.2) is 36.4 Å². The zero-order valence-corrected chi connectivity index (χ0v) is 18.8. The molecule has 0 N–H and O–H groups in total. The second kappa shape index (κ2) is 9.14. The maximum atomic E-state index is 13.6. The van der Waals surface area contributed by atoms with Gasteiger partial charge in [-0.15, -0.1) is 0 Å². The number of methoxy groups -OCH3 is 1. The van der Waals surface area contributed by atoms with Crippen molar-refractivity contribution >= 4 is 32.6 Å². The van der Waals surface area contributed by atoms with Gasteiger partial charge in [-0.3, -0.25) is 9.69 Å². The maximum absolute atomic E-state index is 13.6. The lowest BCUT2D eigenvalue weighted by atomic mass is 9.90. The topological polar surface area (TPSA) is 45.7 Å². The molecule has 0 fully saturated rings. The van der Waals surface area contributed by atoms with E-state index in [0.29, 0.717) is 6.54 Å². The van der Waals surface area contributed by atoms with E-state index in [1.54, 1.807) is 18.4 Å². The minimum absolute atomic E-state index is 0.0279. The number of aromatic nitrogens is 1. The van der Waals surface area contributed by atoms with E-state index in [1.807, 2.05) is 29.2 Å². The van der Waals surface area contributed by atoms with Crippen LogP contribution in [0.3, 0.4) is 0 Å². The van der Waals surface area contributed by atoms with Crippen molar-refractivity contribution < 1.29 is 9.53 Å². The molecule has 0 bridgehead atoms. The Kier molecular flexibility index (Phi) is 6.35. The summed E-state index contributed by atoms with van der Waals surface area (Å²) in [6.07, 6.45) is 5.51. The third-order valence-electron chi connectivity index (χ3n) is 5.65. The Hall–Kier alpha value is -2.44. The van der Waals surface area contributed by atoms with Crippen LogP contribution in [0.2, 0.25) is 0 Å². The number of carbonyl (C=O) groups is 1. The smallest absolute Gasteiger partial charge is 0.260 e. The number of hydrogen-bond donors (Lipinski definition) is 0. The summed E-state index contributed by atoms with van der Waals surface area (Å²) in [5.74, 6) is 0.768. The first-order valence-electron chi connectivity index (χ1n) is 10.6. The van der Waals surface area contributed by atoms with Gasteiger partial charge in [0.2, 0.25) is 0 Å². The number of aryl methyl sites for hydroxylation is 2. The van der Waals surface area contributed by atoms with Gasteiger partial charge in [-0.2, -0.15) is 0 Å². The van der Waals surface area contributed by atoms with Crippen molar-refractivity contribution in [2.75, 3.05) is 39.2 Å². The standard InChI is InChI=1S/C24H29N3O2S/c1-26(2)14-7-15-27(24-25-22-20(29-3)10-6-11-21(22)30-24)23(28)19-13-12-17-8-4-5-9-18(17)16-19/h6,10-13,16H,4-5,7-9,14-15H2,1-3H3. The van der Waals surface area contributed by atoms with Crippen LogP contribution in [0.25, 0.3) is 10.2 Å². The third kappa shape index (κ3) is 4.35. The lowest BCUT2D eigenvalue weighted by Gasteiger charge is -2.22. The molecule has 1 aliphatic carbocycles. The zero-order valence-electron chi connectivity index (χ0n) is 18.0. The number of para-hydroxylation sites is 1. The Morgan fingerprint density at radius 3 is 2.67 bits per heavy atom. The van der Waals surface area contributed by atoms with Crippen LogP contribution in [0, 0.1) is 0 Å². The van der Waals surface area contributed by atoms with Crippen molar-refractivity contribution in [2.24, 2.45) is 0 Å². The van der Waals surface area contributed by atoms with E-state index in [4.69, 9.17) is 9.72 Å². The Labute approximate surface area is 182 Å². The van der Waals surface area contributed by atoms with Crippen molar-refractivity contribution in [3.63, 3.8) is 0 Å². The fraction of sp³-hybridized carbons (Fsp3) is 0.417. The molecule has 158 valence electrons. The summed E-state index contributed by atoms with van der Waals surface area (Å²) in [7, 11) is 5.76. The summed E-state index contributed by atoms with van der Waals surface area (Å²) in [6, 6.07) is 12.1. The summed E-state index contributed by atoms with van der Waals surface area (Å²) in [5.41, 5.74) is 4.29. The highest BCUT2D eigenvalue weighted by atomic mass is 32.1. The predicted molar refractivity (Wildman–Crippen MR) is 124 cm³/mol. The average Bonchev–Trinajstić information content (AvgIpc) is 3.19. The SMILES string of the molecule is COc1cccc2sc(N(CCCN(C)C)C(=O)c3ccc4c(c3)CCCC4)nc12. The lowest BCUT2D eigenvalue weighted by Crippen LogP contribution is -2.33. The van der Waals surface area contributed by atoms with Gasteiger partial charge < -0.3 is 9.64 Å². The second-order valence-corrected chi connectivity index (χ2v) is 9.12. The number of amides is 1. The Balaban J connectivity index is 1.68. The predicted octanol–water partition coefficient (Wildman–Crippen LogP) is 4.78. The Morgan fingerprint density at radius 1 is 1.10 bits per heavy atom. The van der Waals surface area contributed by atoms with Crippen molar-refractivity contribution in [3.8, 4) is 5.75 Å². The molecule has 0 radical (unpaired) electrons. The van der Waals surface area contributed by atoms with Crippen LogP contribution in [0.4, 0.5) is 5.13 Å². The minimum Gasteiger partial charge on any atom is -0.494 e. The van der Waals surface area contributed by atoms with Crippen molar-refractivity contribution in [1.29, 1.82) is 0 Å². The summed E-state index contributed by atoms with van der Waals surface area (Å²) >= 11 is 1.55. The van der Waals surface area contributed by atoms with Gasteiger partial charge in [-0.1, -0.05) is 23.5 Å². The van der Waals surface area contributed by atoms with Crippen LogP contribution < -0.4 is 9.64 Å². The largest absolute Gasteiger partial charge is 0.494 e. The molecule has 0 unspecified atom stereocenters. The number of anilines is 1. The summed E-state index contributed by atoms with van der Waals surface area (Å²) < 4.78 is 6.50. The number of fused-ring (bicyclic) bond motifs is 2. The van der Waals surface area contributed by atoms with E-state index in [2.05, 4.69) is 31.1 Å². The summed E-state index contributed by atoms with van der Waals surface area (Å²) in [6.45, 7) is 1.55. The van der Waals surface area contributed by atoms with Crippen LogP contribution in [0.5, 0.6) is 5.75 Å². The fourth-order valence-corrected chi connectivity index (χ4v) is 5.05. The number of nitrogens with zero attached hydrogens (tertiary/aromatic N) is 3. The van der Waals surface area contributed by atoms with E-state index >= 15 is 0 Å². The van der Waals surface area contributed by atoms with Crippen molar-refractivity contribution in [3.05, 3.63) is 53.1 Å². The molecule has 0 atom stereocenters. The van der Waals surface area contributed by atoms with E-state index in [9.17, 15) is 4.79 Å². The van der Waals surface area contributed by atoms with Gasteiger partial charge in [0.25, 0.3) is 5.91 Å². The number of carbonyl (C=O) groups excluding carboxylic acids is 1. The molecule has 0 saturated carbocycles. The summed E-state index contributed by atoms with van der Waals surface area (Å²) in [5, 5.41) is 0.732. The molecule has 3 aromatic rings. The van der Waals surface area contributed by atoms with Crippen LogP contribution in [0.1, 0.15) is 40.7 Å². The third-order valence-corrected chi connectivity index (χ3v) is 6.69. The molecule has 0 spiro atoms. The molecule has 1 aromatic heterocycles.